The molecule has 1 N–H and O–H groups in total. The molecule has 1 fully saturated rings. The smallest absolute Gasteiger partial charge is 0.265 e. The number of ether oxygens (including phenoxy) is 2. The van der Waals surface area contributed by atoms with Crippen LogP contribution in [-0.4, -0.2) is 43.0 Å². The van der Waals surface area contributed by atoms with Crippen LogP contribution in [0.3, 0.4) is 0 Å². The van der Waals surface area contributed by atoms with Gasteiger partial charge >= 0.3 is 0 Å². The second-order valence-corrected chi connectivity index (χ2v) is 6.45. The third kappa shape index (κ3) is 4.39. The highest BCUT2D eigenvalue weighted by Crippen LogP contribution is 2.27. The fourth-order valence-electron chi connectivity index (χ4n) is 3.06. The molecule has 6 heteroatoms. The lowest BCUT2D eigenvalue weighted by Gasteiger charge is -2.20. The average molecular weight is 368 g/mol. The summed E-state index contributed by atoms with van der Waals surface area (Å²) in [5.74, 6) is 0.662. The van der Waals surface area contributed by atoms with E-state index in [1.807, 2.05) is 17.0 Å². The number of carbonyl (C=O) groups is 2. The van der Waals surface area contributed by atoms with Gasteiger partial charge in [0.15, 0.2) is 17.6 Å². The molecular weight excluding hydrogens is 344 g/mol. The third-order valence-corrected chi connectivity index (χ3v) is 4.55. The van der Waals surface area contributed by atoms with Gasteiger partial charge in [-0.2, -0.15) is 0 Å². The molecule has 2 aromatic carbocycles. The van der Waals surface area contributed by atoms with Crippen LogP contribution >= 0.6 is 0 Å². The molecule has 27 heavy (non-hydrogen) atoms. The molecule has 1 saturated heterocycles. The van der Waals surface area contributed by atoms with Gasteiger partial charge in [0.1, 0.15) is 0 Å². The van der Waals surface area contributed by atoms with Gasteiger partial charge in [0.25, 0.3) is 11.8 Å². The number of para-hydroxylation sites is 3. The van der Waals surface area contributed by atoms with E-state index < -0.39 is 6.10 Å². The molecule has 0 aliphatic carbocycles. The second-order valence-electron chi connectivity index (χ2n) is 6.45. The number of rotatable bonds is 6. The van der Waals surface area contributed by atoms with Crippen molar-refractivity contribution in [3.8, 4) is 11.5 Å². The van der Waals surface area contributed by atoms with Crippen LogP contribution in [-0.2, 0) is 4.79 Å². The van der Waals surface area contributed by atoms with E-state index in [9.17, 15) is 9.59 Å². The molecule has 2 amide bonds. The summed E-state index contributed by atoms with van der Waals surface area (Å²) in [5, 5.41) is 2.82. The van der Waals surface area contributed by atoms with Crippen LogP contribution < -0.4 is 14.8 Å². The number of carbonyl (C=O) groups excluding carboxylic acids is 2. The lowest BCUT2D eigenvalue weighted by molar-refractivity contribution is -0.122. The number of likely N-dealkylation sites (tertiary alicyclic amines) is 1. The Morgan fingerprint density at radius 2 is 1.63 bits per heavy atom. The number of benzene rings is 2. The molecule has 0 spiro atoms. The lowest BCUT2D eigenvalue weighted by atomic mass is 10.1. The van der Waals surface area contributed by atoms with Gasteiger partial charge in [-0.1, -0.05) is 24.3 Å². The fraction of sp³-hybridized carbons (Fsp3) is 0.333. The Bertz CT molecular complexity index is 815. The van der Waals surface area contributed by atoms with Gasteiger partial charge < -0.3 is 19.7 Å². The number of hydrogen-bond acceptors (Lipinski definition) is 4. The van der Waals surface area contributed by atoms with Crippen molar-refractivity contribution in [3.63, 3.8) is 0 Å². The monoisotopic (exact) mass is 368 g/mol. The number of nitrogens with one attached hydrogen (secondary N) is 1. The average Bonchev–Trinajstić information content (AvgIpc) is 3.23. The van der Waals surface area contributed by atoms with Crippen molar-refractivity contribution in [2.45, 2.75) is 25.9 Å². The highest BCUT2D eigenvalue weighted by atomic mass is 16.5. The molecule has 1 aliphatic heterocycles. The van der Waals surface area contributed by atoms with E-state index in [2.05, 4.69) is 5.32 Å². The van der Waals surface area contributed by atoms with E-state index in [0.717, 1.165) is 25.9 Å². The molecule has 0 bridgehead atoms. The van der Waals surface area contributed by atoms with Crippen molar-refractivity contribution in [1.29, 1.82) is 0 Å². The lowest BCUT2D eigenvalue weighted by Crippen LogP contribution is -2.32. The van der Waals surface area contributed by atoms with E-state index >= 15 is 0 Å². The zero-order chi connectivity index (χ0) is 19.2. The molecular formula is C21H24N2O4. The zero-order valence-corrected chi connectivity index (χ0v) is 15.6. The summed E-state index contributed by atoms with van der Waals surface area (Å²) in [5.41, 5.74) is 0.993. The van der Waals surface area contributed by atoms with Crippen LogP contribution in [0.5, 0.6) is 11.5 Å². The maximum absolute atomic E-state index is 12.7. The molecule has 142 valence electrons. The summed E-state index contributed by atoms with van der Waals surface area (Å²) in [6.45, 7) is 3.18. The van der Waals surface area contributed by atoms with Crippen LogP contribution in [0.2, 0.25) is 0 Å². The number of amides is 2. The first-order chi connectivity index (χ1) is 13.1. The van der Waals surface area contributed by atoms with Crippen LogP contribution in [0.4, 0.5) is 5.69 Å². The molecule has 1 aliphatic rings. The normalized spacial score (nSPS) is 14.5. The van der Waals surface area contributed by atoms with Gasteiger partial charge in [0.05, 0.1) is 18.4 Å². The van der Waals surface area contributed by atoms with Crippen molar-refractivity contribution >= 4 is 17.5 Å². The number of nitrogens with zero attached hydrogens (tertiary/aromatic N) is 1. The Morgan fingerprint density at radius 3 is 2.33 bits per heavy atom. The van der Waals surface area contributed by atoms with E-state index in [1.165, 1.54) is 0 Å². The molecule has 6 nitrogen and oxygen atoms in total. The van der Waals surface area contributed by atoms with E-state index in [4.69, 9.17) is 9.47 Å². The number of hydrogen-bond donors (Lipinski definition) is 1. The minimum Gasteiger partial charge on any atom is -0.493 e. The van der Waals surface area contributed by atoms with Gasteiger partial charge in [-0.15, -0.1) is 0 Å². The second kappa shape index (κ2) is 8.58. The van der Waals surface area contributed by atoms with E-state index in [1.54, 1.807) is 50.4 Å². The van der Waals surface area contributed by atoms with Gasteiger partial charge in [-0.25, -0.2) is 0 Å². The third-order valence-electron chi connectivity index (χ3n) is 4.55. The van der Waals surface area contributed by atoms with Crippen LogP contribution in [0.25, 0.3) is 0 Å². The quantitative estimate of drug-likeness (QED) is 0.849. The molecule has 0 saturated carbocycles. The van der Waals surface area contributed by atoms with Gasteiger partial charge in [0, 0.05) is 13.1 Å². The Balaban J connectivity index is 1.71. The van der Waals surface area contributed by atoms with Gasteiger partial charge in [-0.3, -0.25) is 9.59 Å². The highest BCUT2D eigenvalue weighted by Gasteiger charge is 2.24. The number of methoxy groups -OCH3 is 1. The van der Waals surface area contributed by atoms with E-state index in [0.29, 0.717) is 22.7 Å². The topological polar surface area (TPSA) is 67.9 Å². The predicted molar refractivity (Wildman–Crippen MR) is 103 cm³/mol. The largest absolute Gasteiger partial charge is 0.493 e. The molecule has 3 rings (SSSR count). The molecule has 2 aromatic rings. The van der Waals surface area contributed by atoms with Gasteiger partial charge in [-0.05, 0) is 44.0 Å². The minimum atomic E-state index is -0.753. The standard InChI is InChI=1S/C21H24N2O4/c1-15(27-19-12-6-5-11-18(19)26-2)20(24)22-17-10-4-3-9-16(17)21(25)23-13-7-8-14-23/h3-6,9-12,15H,7-8,13-14H2,1-2H3,(H,22,24)/t15-/m1/s1. The van der Waals surface area contributed by atoms with Crippen molar-refractivity contribution in [1.82, 2.24) is 4.90 Å². The summed E-state index contributed by atoms with van der Waals surface area (Å²) in [4.78, 5) is 27.2. The molecule has 1 heterocycles. The van der Waals surface area contributed by atoms with Crippen molar-refractivity contribution in [2.75, 3.05) is 25.5 Å². The Labute approximate surface area is 159 Å². The summed E-state index contributed by atoms with van der Waals surface area (Å²) >= 11 is 0. The molecule has 0 unspecified atom stereocenters. The Kier molecular flexibility index (Phi) is 5.96. The number of anilines is 1. The first-order valence-corrected chi connectivity index (χ1v) is 9.09. The van der Waals surface area contributed by atoms with Crippen LogP contribution in [0.15, 0.2) is 48.5 Å². The van der Waals surface area contributed by atoms with Gasteiger partial charge in [0.2, 0.25) is 0 Å². The van der Waals surface area contributed by atoms with Crippen LogP contribution in [0.1, 0.15) is 30.1 Å². The fourth-order valence-corrected chi connectivity index (χ4v) is 3.06. The van der Waals surface area contributed by atoms with Crippen molar-refractivity contribution in [3.05, 3.63) is 54.1 Å². The maximum Gasteiger partial charge on any atom is 0.265 e. The first-order valence-electron chi connectivity index (χ1n) is 9.09. The highest BCUT2D eigenvalue weighted by molar-refractivity contribution is 6.04. The summed E-state index contributed by atoms with van der Waals surface area (Å²) in [6, 6.07) is 14.2. The zero-order valence-electron chi connectivity index (χ0n) is 15.6. The summed E-state index contributed by atoms with van der Waals surface area (Å²) in [7, 11) is 1.55. The summed E-state index contributed by atoms with van der Waals surface area (Å²) < 4.78 is 11.0. The molecule has 0 aromatic heterocycles. The van der Waals surface area contributed by atoms with E-state index in [-0.39, 0.29) is 11.8 Å². The maximum atomic E-state index is 12.7. The Morgan fingerprint density at radius 1 is 1.00 bits per heavy atom. The Hall–Kier alpha value is -3.02. The first kappa shape index (κ1) is 18.8. The minimum absolute atomic E-state index is 0.0540. The van der Waals surface area contributed by atoms with Crippen molar-refractivity contribution in [2.24, 2.45) is 0 Å². The molecule has 0 radical (unpaired) electrons. The molecule has 1 atom stereocenters. The predicted octanol–water partition coefficient (Wildman–Crippen LogP) is 3.34. The SMILES string of the molecule is COc1ccccc1O[C@H](C)C(=O)Nc1ccccc1C(=O)N1CCCC1. The van der Waals surface area contributed by atoms with Crippen molar-refractivity contribution < 1.29 is 19.1 Å². The van der Waals surface area contributed by atoms with Crippen LogP contribution in [0, 0.1) is 0 Å². The summed E-state index contributed by atoms with van der Waals surface area (Å²) in [6.07, 6.45) is 1.28.